The molecule has 3 nitrogen and oxygen atoms in total. The first-order valence-electron chi connectivity index (χ1n) is 8.32. The van der Waals surface area contributed by atoms with Crippen LogP contribution in [0.15, 0.2) is 24.3 Å². The second-order valence-electron chi connectivity index (χ2n) is 6.68. The molecule has 1 aromatic rings. The van der Waals surface area contributed by atoms with Gasteiger partial charge in [0.25, 0.3) is 0 Å². The molecule has 1 amide bonds. The maximum atomic E-state index is 12.4. The lowest BCUT2D eigenvalue weighted by Crippen LogP contribution is -2.25. The van der Waals surface area contributed by atoms with Gasteiger partial charge in [-0.05, 0) is 62.6 Å². The monoisotopic (exact) mass is 286 g/mol. The largest absolute Gasteiger partial charge is 0.326 e. The van der Waals surface area contributed by atoms with Crippen molar-refractivity contribution >= 4 is 11.6 Å². The third kappa shape index (κ3) is 3.29. The second-order valence-corrected chi connectivity index (χ2v) is 6.68. The van der Waals surface area contributed by atoms with E-state index >= 15 is 0 Å². The van der Waals surface area contributed by atoms with Crippen molar-refractivity contribution < 1.29 is 4.79 Å². The fourth-order valence-corrected chi connectivity index (χ4v) is 3.62. The van der Waals surface area contributed by atoms with E-state index in [0.29, 0.717) is 0 Å². The van der Waals surface area contributed by atoms with Gasteiger partial charge in [0.1, 0.15) is 0 Å². The lowest BCUT2D eigenvalue weighted by molar-refractivity contribution is -0.120. The zero-order chi connectivity index (χ0) is 14.8. The van der Waals surface area contributed by atoms with Gasteiger partial charge in [-0.2, -0.15) is 0 Å². The minimum atomic E-state index is 0.220. The van der Waals surface area contributed by atoms with Gasteiger partial charge in [0.15, 0.2) is 0 Å². The molecule has 2 fully saturated rings. The number of hydrogen-bond acceptors (Lipinski definition) is 2. The molecule has 114 valence electrons. The van der Waals surface area contributed by atoms with Crippen molar-refractivity contribution in [2.24, 2.45) is 17.8 Å². The number of rotatable bonds is 6. The molecular formula is C18H26N2O. The van der Waals surface area contributed by atoms with Crippen LogP contribution in [0.1, 0.15) is 51.1 Å². The minimum Gasteiger partial charge on any atom is -0.326 e. The second kappa shape index (κ2) is 6.18. The zero-order valence-electron chi connectivity index (χ0n) is 13.1. The molecule has 1 aromatic carbocycles. The van der Waals surface area contributed by atoms with Gasteiger partial charge in [-0.3, -0.25) is 4.79 Å². The summed E-state index contributed by atoms with van der Waals surface area (Å²) in [6.45, 7) is 5.32. The summed E-state index contributed by atoms with van der Waals surface area (Å²) in [7, 11) is 0. The molecule has 0 aromatic heterocycles. The molecule has 2 aliphatic rings. The highest BCUT2D eigenvalue weighted by Crippen LogP contribution is 2.54. The first-order chi connectivity index (χ1) is 10.2. The first kappa shape index (κ1) is 14.6. The Labute approximate surface area is 127 Å². The van der Waals surface area contributed by atoms with E-state index in [4.69, 9.17) is 0 Å². The van der Waals surface area contributed by atoms with Gasteiger partial charge in [-0.15, -0.1) is 0 Å². The fourth-order valence-electron chi connectivity index (χ4n) is 3.62. The average molecular weight is 286 g/mol. The zero-order valence-corrected chi connectivity index (χ0v) is 13.1. The molecule has 0 heterocycles. The van der Waals surface area contributed by atoms with Crippen LogP contribution in [0.2, 0.25) is 0 Å². The Morgan fingerprint density at radius 2 is 1.95 bits per heavy atom. The van der Waals surface area contributed by atoms with E-state index in [-0.39, 0.29) is 17.9 Å². The molecule has 0 spiro atoms. The number of para-hydroxylation sites is 1. The number of anilines is 1. The van der Waals surface area contributed by atoms with Crippen LogP contribution >= 0.6 is 0 Å². The number of fused-ring (bicyclic) bond motifs is 1. The highest BCUT2D eigenvalue weighted by molar-refractivity contribution is 5.93. The van der Waals surface area contributed by atoms with Crippen LogP contribution in [0.25, 0.3) is 0 Å². The number of nitrogens with one attached hydrogen (secondary N) is 2. The summed E-state index contributed by atoms with van der Waals surface area (Å²) in [4.78, 5) is 12.4. The van der Waals surface area contributed by atoms with Crippen molar-refractivity contribution in [3.63, 3.8) is 0 Å². The number of carbonyl (C=O) groups excluding carboxylic acids is 1. The molecule has 0 bridgehead atoms. The molecule has 21 heavy (non-hydrogen) atoms. The summed E-state index contributed by atoms with van der Waals surface area (Å²) in [5, 5.41) is 6.67. The van der Waals surface area contributed by atoms with Crippen LogP contribution in [0, 0.1) is 17.8 Å². The number of benzene rings is 1. The van der Waals surface area contributed by atoms with Gasteiger partial charge in [0.2, 0.25) is 5.91 Å². The van der Waals surface area contributed by atoms with E-state index in [0.717, 1.165) is 43.3 Å². The van der Waals surface area contributed by atoms with Gasteiger partial charge in [-0.1, -0.05) is 25.1 Å². The van der Waals surface area contributed by atoms with Crippen LogP contribution < -0.4 is 10.6 Å². The Hall–Kier alpha value is -1.35. The lowest BCUT2D eigenvalue weighted by Gasteiger charge is -2.20. The fraction of sp³-hybridized carbons (Fsp3) is 0.611. The SMILES string of the molecule is CCCNC(C)c1ccccc1NC(=O)C1CC2CC2C1. The summed E-state index contributed by atoms with van der Waals surface area (Å²) >= 11 is 0. The van der Waals surface area contributed by atoms with Gasteiger partial charge < -0.3 is 10.6 Å². The summed E-state index contributed by atoms with van der Waals surface area (Å²) in [6.07, 6.45) is 4.67. The number of hydrogen-bond donors (Lipinski definition) is 2. The third-order valence-electron chi connectivity index (χ3n) is 5.00. The lowest BCUT2D eigenvalue weighted by atomic mass is 10.0. The molecule has 0 aliphatic heterocycles. The van der Waals surface area contributed by atoms with E-state index in [1.807, 2.05) is 18.2 Å². The quantitative estimate of drug-likeness (QED) is 0.836. The Bertz CT molecular complexity index is 504. The van der Waals surface area contributed by atoms with E-state index in [1.165, 1.54) is 12.0 Å². The Kier molecular flexibility index (Phi) is 4.29. The maximum absolute atomic E-state index is 12.4. The van der Waals surface area contributed by atoms with E-state index in [9.17, 15) is 4.79 Å². The normalized spacial score (nSPS) is 28.0. The Morgan fingerprint density at radius 1 is 1.24 bits per heavy atom. The van der Waals surface area contributed by atoms with Crippen LogP contribution in [-0.2, 0) is 4.79 Å². The highest BCUT2D eigenvalue weighted by Gasteiger charge is 2.48. The predicted molar refractivity (Wildman–Crippen MR) is 86.1 cm³/mol. The van der Waals surface area contributed by atoms with Crippen LogP contribution in [0.3, 0.4) is 0 Å². The number of amides is 1. The first-order valence-corrected chi connectivity index (χ1v) is 8.32. The maximum Gasteiger partial charge on any atom is 0.227 e. The third-order valence-corrected chi connectivity index (χ3v) is 5.00. The van der Waals surface area contributed by atoms with Crippen molar-refractivity contribution in [2.75, 3.05) is 11.9 Å². The van der Waals surface area contributed by atoms with E-state index < -0.39 is 0 Å². The summed E-state index contributed by atoms with van der Waals surface area (Å²) in [5.74, 6) is 2.15. The van der Waals surface area contributed by atoms with Gasteiger partial charge >= 0.3 is 0 Å². The highest BCUT2D eigenvalue weighted by atomic mass is 16.1. The van der Waals surface area contributed by atoms with Crippen molar-refractivity contribution in [3.05, 3.63) is 29.8 Å². The minimum absolute atomic E-state index is 0.220. The standard InChI is InChI=1S/C18H26N2O/c1-3-8-19-12(2)16-6-4-5-7-17(16)20-18(21)15-10-13-9-14(13)11-15/h4-7,12-15,19H,3,8-11H2,1-2H3,(H,20,21). The van der Waals surface area contributed by atoms with Crippen LogP contribution in [-0.4, -0.2) is 12.5 Å². The Morgan fingerprint density at radius 3 is 2.67 bits per heavy atom. The van der Waals surface area contributed by atoms with Crippen molar-refractivity contribution in [1.82, 2.24) is 5.32 Å². The van der Waals surface area contributed by atoms with Crippen molar-refractivity contribution in [1.29, 1.82) is 0 Å². The van der Waals surface area contributed by atoms with Crippen molar-refractivity contribution in [2.45, 2.75) is 45.6 Å². The number of carbonyl (C=O) groups is 1. The van der Waals surface area contributed by atoms with Gasteiger partial charge in [-0.25, -0.2) is 0 Å². The Balaban J connectivity index is 1.65. The summed E-state index contributed by atoms with van der Waals surface area (Å²) < 4.78 is 0. The van der Waals surface area contributed by atoms with Crippen LogP contribution in [0.5, 0.6) is 0 Å². The van der Waals surface area contributed by atoms with E-state index in [1.54, 1.807) is 0 Å². The molecule has 0 saturated heterocycles. The topological polar surface area (TPSA) is 41.1 Å². The molecule has 3 rings (SSSR count). The van der Waals surface area contributed by atoms with Gasteiger partial charge in [0.05, 0.1) is 0 Å². The molecule has 3 unspecified atom stereocenters. The predicted octanol–water partition coefficient (Wildman–Crippen LogP) is 3.73. The molecular weight excluding hydrogens is 260 g/mol. The molecule has 2 aliphatic carbocycles. The molecule has 0 radical (unpaired) electrons. The summed E-state index contributed by atoms with van der Waals surface area (Å²) in [6, 6.07) is 8.43. The molecule has 3 atom stereocenters. The van der Waals surface area contributed by atoms with Crippen molar-refractivity contribution in [3.8, 4) is 0 Å². The molecule has 3 heteroatoms. The average Bonchev–Trinajstić information content (AvgIpc) is 3.11. The van der Waals surface area contributed by atoms with E-state index in [2.05, 4.69) is 30.5 Å². The van der Waals surface area contributed by atoms with Gasteiger partial charge in [0, 0.05) is 17.6 Å². The molecule has 2 N–H and O–H groups in total. The molecule has 2 saturated carbocycles. The smallest absolute Gasteiger partial charge is 0.227 e. The summed E-state index contributed by atoms with van der Waals surface area (Å²) in [5.41, 5.74) is 2.15. The van der Waals surface area contributed by atoms with Crippen LogP contribution in [0.4, 0.5) is 5.69 Å².